The summed E-state index contributed by atoms with van der Waals surface area (Å²) in [5.74, 6) is 0.510. The van der Waals surface area contributed by atoms with E-state index in [4.69, 9.17) is 0 Å². The molecule has 1 fully saturated rings. The third kappa shape index (κ3) is 5.45. The van der Waals surface area contributed by atoms with E-state index >= 15 is 0 Å². The van der Waals surface area contributed by atoms with Gasteiger partial charge < -0.3 is 15.1 Å². The molecular weight excluding hydrogens is 362 g/mol. The number of hydrogen-bond donors (Lipinski definition) is 2. The van der Waals surface area contributed by atoms with E-state index in [-0.39, 0.29) is 17.9 Å². The first-order valence-corrected chi connectivity index (χ1v) is 10.6. The van der Waals surface area contributed by atoms with Gasteiger partial charge in [0.2, 0.25) is 0 Å². The zero-order chi connectivity index (χ0) is 20.6. The van der Waals surface area contributed by atoms with E-state index in [1.165, 1.54) is 10.5 Å². The van der Waals surface area contributed by atoms with E-state index in [9.17, 15) is 9.59 Å². The van der Waals surface area contributed by atoms with Crippen molar-refractivity contribution in [1.29, 1.82) is 0 Å². The van der Waals surface area contributed by atoms with Crippen molar-refractivity contribution in [3.8, 4) is 0 Å². The lowest BCUT2D eigenvalue weighted by Gasteiger charge is -2.35. The van der Waals surface area contributed by atoms with Crippen LogP contribution in [0.3, 0.4) is 0 Å². The minimum Gasteiger partial charge on any atom is -0.350 e. The molecular formula is C24H32N3O2+. The van der Waals surface area contributed by atoms with Crippen molar-refractivity contribution < 1.29 is 14.5 Å². The van der Waals surface area contributed by atoms with Crippen LogP contribution >= 0.6 is 0 Å². The van der Waals surface area contributed by atoms with Gasteiger partial charge in [0.25, 0.3) is 11.8 Å². The Labute approximate surface area is 173 Å². The van der Waals surface area contributed by atoms with Crippen molar-refractivity contribution in [3.05, 3.63) is 71.8 Å². The molecule has 2 N–H and O–H groups in total. The largest absolute Gasteiger partial charge is 0.350 e. The van der Waals surface area contributed by atoms with Gasteiger partial charge in [-0.15, -0.1) is 0 Å². The van der Waals surface area contributed by atoms with Gasteiger partial charge in [0.05, 0.1) is 26.2 Å². The first-order chi connectivity index (χ1) is 14.1. The third-order valence-corrected chi connectivity index (χ3v) is 6.01. The van der Waals surface area contributed by atoms with Gasteiger partial charge in [-0.2, -0.15) is 0 Å². The summed E-state index contributed by atoms with van der Waals surface area (Å²) in [5, 5.41) is 3.15. The highest BCUT2D eigenvalue weighted by molar-refractivity contribution is 5.94. The van der Waals surface area contributed by atoms with Gasteiger partial charge in [-0.05, 0) is 31.0 Å². The van der Waals surface area contributed by atoms with Crippen LogP contribution in [0.2, 0.25) is 0 Å². The fourth-order valence-electron chi connectivity index (χ4n) is 3.98. The van der Waals surface area contributed by atoms with Crippen molar-refractivity contribution >= 4 is 11.8 Å². The smallest absolute Gasteiger partial charge is 0.278 e. The molecule has 154 valence electrons. The van der Waals surface area contributed by atoms with E-state index < -0.39 is 0 Å². The lowest BCUT2D eigenvalue weighted by molar-refractivity contribution is -0.917. The standard InChI is InChI=1S/C24H31N3O2/c1-3-20(21-10-6-4-7-11-21)18-25-23(28)19(2)26-14-16-27(17-15-26)24(29)22-12-8-5-9-13-22/h4-13,19-20H,3,14-18H2,1-2H3,(H,25,28)/p+1/t19-,20-/m0/s1. The lowest BCUT2D eigenvalue weighted by Crippen LogP contribution is -3.19. The zero-order valence-electron chi connectivity index (χ0n) is 17.4. The summed E-state index contributed by atoms with van der Waals surface area (Å²) < 4.78 is 0. The van der Waals surface area contributed by atoms with Crippen molar-refractivity contribution in [2.24, 2.45) is 0 Å². The molecule has 0 saturated carbocycles. The van der Waals surface area contributed by atoms with E-state index in [0.717, 1.165) is 25.1 Å². The predicted molar refractivity (Wildman–Crippen MR) is 115 cm³/mol. The Kier molecular flexibility index (Phi) is 7.42. The number of carbonyl (C=O) groups excluding carboxylic acids is 2. The average molecular weight is 395 g/mol. The number of nitrogens with one attached hydrogen (secondary N) is 2. The summed E-state index contributed by atoms with van der Waals surface area (Å²) in [5.41, 5.74) is 2.00. The molecule has 1 aliphatic heterocycles. The number of quaternary nitrogens is 1. The Morgan fingerprint density at radius 2 is 1.59 bits per heavy atom. The van der Waals surface area contributed by atoms with Gasteiger partial charge in [0.1, 0.15) is 0 Å². The first-order valence-electron chi connectivity index (χ1n) is 10.6. The van der Waals surface area contributed by atoms with Crippen LogP contribution in [-0.4, -0.2) is 55.5 Å². The van der Waals surface area contributed by atoms with E-state index in [1.807, 2.05) is 60.4 Å². The van der Waals surface area contributed by atoms with Crippen LogP contribution in [0.4, 0.5) is 0 Å². The molecule has 2 aromatic carbocycles. The maximum Gasteiger partial charge on any atom is 0.278 e. The monoisotopic (exact) mass is 394 g/mol. The second kappa shape index (κ2) is 10.2. The van der Waals surface area contributed by atoms with Gasteiger partial charge in [-0.25, -0.2) is 0 Å². The summed E-state index contributed by atoms with van der Waals surface area (Å²) in [4.78, 5) is 28.4. The Hall–Kier alpha value is -2.66. The average Bonchev–Trinajstić information content (AvgIpc) is 2.79. The second-order valence-electron chi connectivity index (χ2n) is 7.80. The van der Waals surface area contributed by atoms with Crippen LogP contribution < -0.4 is 10.2 Å². The normalized spacial score (nSPS) is 16.8. The highest BCUT2D eigenvalue weighted by atomic mass is 16.2. The molecule has 1 aliphatic rings. The van der Waals surface area contributed by atoms with Crippen LogP contribution in [0.15, 0.2) is 60.7 Å². The molecule has 2 atom stereocenters. The van der Waals surface area contributed by atoms with Crippen LogP contribution in [-0.2, 0) is 4.79 Å². The third-order valence-electron chi connectivity index (χ3n) is 6.01. The molecule has 0 aliphatic carbocycles. The summed E-state index contributed by atoms with van der Waals surface area (Å²) >= 11 is 0. The van der Waals surface area contributed by atoms with Crippen molar-refractivity contribution in [3.63, 3.8) is 0 Å². The molecule has 0 bridgehead atoms. The molecule has 0 aromatic heterocycles. The molecule has 29 heavy (non-hydrogen) atoms. The first kappa shape index (κ1) is 21.1. The predicted octanol–water partition coefficient (Wildman–Crippen LogP) is 1.73. The number of nitrogens with zero attached hydrogens (tertiary/aromatic N) is 1. The van der Waals surface area contributed by atoms with E-state index in [0.29, 0.717) is 25.6 Å². The fourth-order valence-corrected chi connectivity index (χ4v) is 3.98. The van der Waals surface area contributed by atoms with Crippen molar-refractivity contribution in [1.82, 2.24) is 10.2 Å². The summed E-state index contributed by atoms with van der Waals surface area (Å²) in [6.45, 7) is 7.76. The van der Waals surface area contributed by atoms with Gasteiger partial charge in [-0.3, -0.25) is 9.59 Å². The quantitative estimate of drug-likeness (QED) is 0.751. The SMILES string of the molecule is CC[C@@H](CNC(=O)[C@H](C)[NH+]1CCN(C(=O)c2ccccc2)CC1)c1ccccc1. The maximum atomic E-state index is 12.7. The Balaban J connectivity index is 1.48. The molecule has 5 heteroatoms. The number of rotatable bonds is 7. The molecule has 1 heterocycles. The molecule has 2 amide bonds. The number of amides is 2. The van der Waals surface area contributed by atoms with Gasteiger partial charge in [0, 0.05) is 18.0 Å². The van der Waals surface area contributed by atoms with E-state index in [2.05, 4.69) is 24.4 Å². The van der Waals surface area contributed by atoms with E-state index in [1.54, 1.807) is 0 Å². The minimum absolute atomic E-state index is 0.0791. The Morgan fingerprint density at radius 1 is 1.00 bits per heavy atom. The molecule has 0 spiro atoms. The Bertz CT molecular complexity index is 786. The van der Waals surface area contributed by atoms with Crippen molar-refractivity contribution in [2.75, 3.05) is 32.7 Å². The zero-order valence-corrected chi connectivity index (χ0v) is 17.4. The second-order valence-corrected chi connectivity index (χ2v) is 7.80. The number of carbonyl (C=O) groups is 2. The van der Waals surface area contributed by atoms with Gasteiger partial charge in [0.15, 0.2) is 6.04 Å². The summed E-state index contributed by atoms with van der Waals surface area (Å²) in [6.07, 6.45) is 0.992. The van der Waals surface area contributed by atoms with Gasteiger partial charge >= 0.3 is 0 Å². The van der Waals surface area contributed by atoms with Crippen LogP contribution in [0.1, 0.15) is 42.1 Å². The molecule has 0 unspecified atom stereocenters. The molecule has 3 rings (SSSR count). The van der Waals surface area contributed by atoms with Crippen LogP contribution in [0.5, 0.6) is 0 Å². The molecule has 5 nitrogen and oxygen atoms in total. The van der Waals surface area contributed by atoms with Gasteiger partial charge in [-0.1, -0.05) is 55.5 Å². The maximum absolute atomic E-state index is 12.7. The minimum atomic E-state index is -0.114. The molecule has 1 saturated heterocycles. The van der Waals surface area contributed by atoms with Crippen LogP contribution in [0.25, 0.3) is 0 Å². The topological polar surface area (TPSA) is 53.9 Å². The highest BCUT2D eigenvalue weighted by Gasteiger charge is 2.31. The lowest BCUT2D eigenvalue weighted by atomic mass is 9.96. The summed E-state index contributed by atoms with van der Waals surface area (Å²) in [7, 11) is 0. The molecule has 2 aromatic rings. The number of piperazine rings is 1. The number of benzene rings is 2. The fraction of sp³-hybridized carbons (Fsp3) is 0.417. The molecule has 0 radical (unpaired) electrons. The Morgan fingerprint density at radius 3 is 2.17 bits per heavy atom. The van der Waals surface area contributed by atoms with Crippen LogP contribution in [0, 0.1) is 0 Å². The highest BCUT2D eigenvalue weighted by Crippen LogP contribution is 2.17. The van der Waals surface area contributed by atoms with Crippen molar-refractivity contribution in [2.45, 2.75) is 32.2 Å². The summed E-state index contributed by atoms with van der Waals surface area (Å²) in [6, 6.07) is 19.6. The number of hydrogen-bond acceptors (Lipinski definition) is 2.